The number of hydrogen-bond acceptors (Lipinski definition) is 7. The van der Waals surface area contributed by atoms with E-state index in [0.29, 0.717) is 0 Å². The third-order valence-corrected chi connectivity index (χ3v) is 10.6. The van der Waals surface area contributed by atoms with Crippen LogP contribution >= 0.6 is 67.6 Å². The van der Waals surface area contributed by atoms with Gasteiger partial charge in [0.25, 0.3) is 0 Å². The Bertz CT molecular complexity index is 453. The Kier molecular flexibility index (Phi) is 9.94. The van der Waals surface area contributed by atoms with E-state index in [0.717, 1.165) is 40.6 Å². The number of carbonyl (C=O) groups is 1. The highest BCUT2D eigenvalue weighted by Gasteiger charge is 2.21. The largest absolute Gasteiger partial charge is 0.481 e. The maximum atomic E-state index is 11.1. The van der Waals surface area contributed by atoms with E-state index in [1.54, 1.807) is 43.2 Å². The summed E-state index contributed by atoms with van der Waals surface area (Å²) < 4.78 is 1.81. The first kappa shape index (κ1) is 21.0. The van der Waals surface area contributed by atoms with Crippen LogP contribution in [0.25, 0.3) is 0 Å². The van der Waals surface area contributed by atoms with Crippen molar-refractivity contribution in [2.45, 2.75) is 37.4 Å². The van der Waals surface area contributed by atoms with Crippen LogP contribution in [0.1, 0.15) is 32.1 Å². The first-order valence-corrected chi connectivity index (χ1v) is 13.3. The maximum absolute atomic E-state index is 11.1. The van der Waals surface area contributed by atoms with Crippen LogP contribution in [0.2, 0.25) is 0 Å². The van der Waals surface area contributed by atoms with Crippen molar-refractivity contribution in [3.05, 3.63) is 0 Å². The summed E-state index contributed by atoms with van der Waals surface area (Å²) in [6.07, 6.45) is 4.99. The quantitative estimate of drug-likeness (QED) is 0.454. The Balaban J connectivity index is 1.69. The summed E-state index contributed by atoms with van der Waals surface area (Å²) in [6.45, 7) is 4.18. The monoisotopic (exact) mass is 442 g/mol. The predicted molar refractivity (Wildman–Crippen MR) is 118 cm³/mol. The minimum absolute atomic E-state index is 0.0342. The van der Waals surface area contributed by atoms with Crippen LogP contribution in [-0.4, -0.2) is 66.7 Å². The fourth-order valence-electron chi connectivity index (χ4n) is 2.49. The molecule has 10 heteroatoms. The molecule has 2 aliphatic rings. The molecule has 136 valence electrons. The Morgan fingerprint density at radius 3 is 1.96 bits per heavy atom. The van der Waals surface area contributed by atoms with Gasteiger partial charge < -0.3 is 14.9 Å². The molecule has 0 aliphatic carbocycles. The van der Waals surface area contributed by atoms with E-state index in [9.17, 15) is 4.79 Å². The number of hydrogen-bond donors (Lipinski definition) is 1. The van der Waals surface area contributed by atoms with Crippen molar-refractivity contribution in [1.82, 2.24) is 9.80 Å². The van der Waals surface area contributed by atoms with Gasteiger partial charge in [0, 0.05) is 37.2 Å². The number of carboxylic acids is 1. The van der Waals surface area contributed by atoms with Crippen LogP contribution < -0.4 is 0 Å². The summed E-state index contributed by atoms with van der Waals surface area (Å²) in [5, 5.41) is 9.16. The van der Waals surface area contributed by atoms with Crippen LogP contribution in [0, 0.1) is 0 Å². The van der Waals surface area contributed by atoms with Crippen molar-refractivity contribution in [3.8, 4) is 0 Å². The van der Waals surface area contributed by atoms with Crippen molar-refractivity contribution in [1.29, 1.82) is 0 Å². The molecule has 0 aromatic heterocycles. The molecule has 1 unspecified atom stereocenters. The zero-order valence-electron chi connectivity index (χ0n) is 13.3. The van der Waals surface area contributed by atoms with E-state index in [1.807, 2.05) is 0 Å². The second kappa shape index (κ2) is 11.4. The lowest BCUT2D eigenvalue weighted by molar-refractivity contribution is -0.136. The molecule has 0 aromatic carbocycles. The second-order valence-electron chi connectivity index (χ2n) is 5.69. The first-order valence-electron chi connectivity index (χ1n) is 7.98. The Hall–Kier alpha value is 0.650. The van der Waals surface area contributed by atoms with Gasteiger partial charge in [0.05, 0.1) is 6.42 Å². The summed E-state index contributed by atoms with van der Waals surface area (Å²) in [6, 6.07) is 0. The van der Waals surface area contributed by atoms with Gasteiger partial charge in [-0.2, -0.15) is 0 Å². The van der Waals surface area contributed by atoms with Gasteiger partial charge in [0.2, 0.25) is 0 Å². The van der Waals surface area contributed by atoms with Crippen LogP contribution in [0.15, 0.2) is 0 Å². The van der Waals surface area contributed by atoms with E-state index < -0.39 is 5.97 Å². The van der Waals surface area contributed by atoms with Gasteiger partial charge in [-0.3, -0.25) is 4.79 Å². The van der Waals surface area contributed by atoms with E-state index in [2.05, 4.69) is 9.80 Å². The van der Waals surface area contributed by atoms with Gasteiger partial charge in [0.15, 0.2) is 0 Å². The van der Waals surface area contributed by atoms with Crippen molar-refractivity contribution in [2.24, 2.45) is 0 Å². The van der Waals surface area contributed by atoms with Crippen LogP contribution in [0.3, 0.4) is 0 Å². The first-order chi connectivity index (χ1) is 11.6. The molecule has 4 nitrogen and oxygen atoms in total. The normalized spacial score (nSPS) is 18.8. The third-order valence-electron chi connectivity index (χ3n) is 3.77. The fraction of sp³-hybridized carbons (Fsp3) is 0.786. The molecule has 2 saturated heterocycles. The van der Waals surface area contributed by atoms with Gasteiger partial charge >= 0.3 is 5.97 Å². The summed E-state index contributed by atoms with van der Waals surface area (Å²) in [5.41, 5.74) is 0. The van der Waals surface area contributed by atoms with Gasteiger partial charge in [0.1, 0.15) is 8.64 Å². The molecule has 0 bridgehead atoms. The highest BCUT2D eigenvalue weighted by atomic mass is 33.1. The van der Waals surface area contributed by atoms with Crippen LogP contribution in [0.5, 0.6) is 0 Å². The number of carboxylic acid groups (broad SMARTS) is 1. The molecule has 0 saturated carbocycles. The summed E-state index contributed by atoms with van der Waals surface area (Å²) >= 11 is 10.9. The molecule has 0 radical (unpaired) electrons. The van der Waals surface area contributed by atoms with E-state index in [-0.39, 0.29) is 11.7 Å². The highest BCUT2D eigenvalue weighted by molar-refractivity contribution is 8.85. The third kappa shape index (κ3) is 7.49. The van der Waals surface area contributed by atoms with E-state index in [4.69, 9.17) is 29.5 Å². The molecular weight excluding hydrogens is 421 g/mol. The lowest BCUT2D eigenvalue weighted by atomic mass is 10.3. The lowest BCUT2D eigenvalue weighted by Gasteiger charge is -2.20. The SMILES string of the molecule is O=C(O)CC(CSSC(=S)N1CCCC1)SSC(=S)N1CCCC1. The van der Waals surface area contributed by atoms with Crippen LogP contribution in [0.4, 0.5) is 0 Å². The Morgan fingerprint density at radius 1 is 0.958 bits per heavy atom. The van der Waals surface area contributed by atoms with Gasteiger partial charge in [-0.25, -0.2) is 0 Å². The zero-order chi connectivity index (χ0) is 17.4. The average molecular weight is 443 g/mol. The Labute approximate surface area is 170 Å². The van der Waals surface area contributed by atoms with E-state index >= 15 is 0 Å². The highest BCUT2D eigenvalue weighted by Crippen LogP contribution is 2.37. The second-order valence-corrected chi connectivity index (χ2v) is 11.8. The molecule has 1 atom stereocenters. The molecule has 24 heavy (non-hydrogen) atoms. The number of thiocarbonyl (C=S) groups is 2. The van der Waals surface area contributed by atoms with Gasteiger partial charge in [-0.15, -0.1) is 0 Å². The minimum Gasteiger partial charge on any atom is -0.481 e. The molecule has 2 aliphatic heterocycles. The zero-order valence-corrected chi connectivity index (χ0v) is 18.2. The Morgan fingerprint density at radius 2 is 1.46 bits per heavy atom. The topological polar surface area (TPSA) is 43.8 Å². The van der Waals surface area contributed by atoms with Gasteiger partial charge in [-0.05, 0) is 47.3 Å². The number of likely N-dealkylation sites (tertiary alicyclic amines) is 2. The van der Waals surface area contributed by atoms with Crippen molar-refractivity contribution >= 4 is 82.2 Å². The number of rotatable bonds is 7. The molecule has 0 aromatic rings. The number of aliphatic carboxylic acids is 1. The number of nitrogens with zero attached hydrogens (tertiary/aromatic N) is 2. The van der Waals surface area contributed by atoms with Crippen molar-refractivity contribution in [3.63, 3.8) is 0 Å². The van der Waals surface area contributed by atoms with Crippen LogP contribution in [-0.2, 0) is 4.79 Å². The summed E-state index contributed by atoms with van der Waals surface area (Å²) in [4.78, 5) is 15.6. The molecule has 2 rings (SSSR count). The summed E-state index contributed by atoms with van der Waals surface area (Å²) in [7, 11) is 6.41. The molecule has 1 N–H and O–H groups in total. The fourth-order valence-corrected chi connectivity index (χ4v) is 8.76. The molecule has 2 heterocycles. The van der Waals surface area contributed by atoms with Crippen molar-refractivity contribution in [2.75, 3.05) is 31.9 Å². The minimum atomic E-state index is -0.757. The predicted octanol–water partition coefficient (Wildman–Crippen LogP) is 4.35. The lowest BCUT2D eigenvalue weighted by Crippen LogP contribution is -2.23. The maximum Gasteiger partial charge on any atom is 0.304 e. The molecule has 0 amide bonds. The summed E-state index contributed by atoms with van der Waals surface area (Å²) in [5.74, 6) is -0.00138. The average Bonchev–Trinajstić information content (AvgIpc) is 3.23. The molecule has 2 fully saturated rings. The molecular formula is C14H22N2O2S6. The molecule has 0 spiro atoms. The van der Waals surface area contributed by atoms with Crippen molar-refractivity contribution < 1.29 is 9.90 Å². The standard InChI is InChI=1S/C14H22N2O2S6/c17-12(18)9-11(22-24-14(20)16-7-3-4-8-16)10-21-23-13(19)15-5-1-2-6-15/h11H,1-10H2,(H,17,18). The van der Waals surface area contributed by atoms with E-state index in [1.165, 1.54) is 25.7 Å². The smallest absolute Gasteiger partial charge is 0.304 e. The van der Waals surface area contributed by atoms with Gasteiger partial charge in [-0.1, -0.05) is 46.0 Å².